The van der Waals surface area contributed by atoms with Crippen LogP contribution >= 0.6 is 0 Å². The van der Waals surface area contributed by atoms with Crippen LogP contribution in [-0.4, -0.2) is 39.5 Å². The molecule has 2 unspecified atom stereocenters. The Morgan fingerprint density at radius 3 is 3.13 bits per heavy atom. The van der Waals surface area contributed by atoms with Crippen molar-refractivity contribution in [3.8, 4) is 5.75 Å². The van der Waals surface area contributed by atoms with Crippen LogP contribution in [-0.2, 0) is 11.2 Å². The maximum Gasteiger partial charge on any atom is 0.122 e. The van der Waals surface area contributed by atoms with Gasteiger partial charge in [0.05, 0.1) is 19.8 Å². The molecule has 0 saturated carbocycles. The Morgan fingerprint density at radius 1 is 1.35 bits per heavy atom. The van der Waals surface area contributed by atoms with Crippen molar-refractivity contribution in [2.45, 2.75) is 39.2 Å². The van der Waals surface area contributed by atoms with Crippen molar-refractivity contribution in [1.29, 1.82) is 0 Å². The topological polar surface area (TPSA) is 42.5 Å². The minimum Gasteiger partial charge on any atom is -0.493 e. The van der Waals surface area contributed by atoms with Crippen LogP contribution in [0.3, 0.4) is 0 Å². The molecule has 0 bridgehead atoms. The molecule has 0 aliphatic carbocycles. The van der Waals surface area contributed by atoms with Crippen LogP contribution < -0.4 is 15.4 Å². The summed E-state index contributed by atoms with van der Waals surface area (Å²) in [6.07, 6.45) is 3.35. The molecular formula is C19H30N2O2. The Bertz CT molecular complexity index is 510. The second-order valence-corrected chi connectivity index (χ2v) is 7.20. The van der Waals surface area contributed by atoms with Gasteiger partial charge in [0.2, 0.25) is 0 Å². The van der Waals surface area contributed by atoms with Gasteiger partial charge in [-0.1, -0.05) is 26.0 Å². The third-order valence-electron chi connectivity index (χ3n) is 4.94. The molecule has 0 spiro atoms. The van der Waals surface area contributed by atoms with E-state index in [1.54, 1.807) is 0 Å². The van der Waals surface area contributed by atoms with E-state index in [9.17, 15) is 0 Å². The first-order chi connectivity index (χ1) is 11.2. The van der Waals surface area contributed by atoms with Gasteiger partial charge >= 0.3 is 0 Å². The van der Waals surface area contributed by atoms with E-state index >= 15 is 0 Å². The van der Waals surface area contributed by atoms with Gasteiger partial charge in [0.15, 0.2) is 0 Å². The number of fused-ring (bicyclic) bond motifs is 1. The van der Waals surface area contributed by atoms with Gasteiger partial charge in [-0.05, 0) is 36.5 Å². The Labute approximate surface area is 139 Å². The zero-order valence-corrected chi connectivity index (χ0v) is 14.5. The van der Waals surface area contributed by atoms with Crippen molar-refractivity contribution in [3.05, 3.63) is 29.3 Å². The molecule has 2 heterocycles. The fraction of sp³-hybridized carbons (Fsp3) is 0.684. The number of aryl methyl sites for hydroxylation is 1. The summed E-state index contributed by atoms with van der Waals surface area (Å²) in [5.74, 6) is 1.07. The first-order valence-corrected chi connectivity index (χ1v) is 8.98. The van der Waals surface area contributed by atoms with Gasteiger partial charge in [-0.3, -0.25) is 0 Å². The molecule has 1 aromatic rings. The molecule has 2 atom stereocenters. The quantitative estimate of drug-likeness (QED) is 0.876. The van der Waals surface area contributed by atoms with Crippen molar-refractivity contribution < 1.29 is 9.47 Å². The van der Waals surface area contributed by atoms with Gasteiger partial charge < -0.3 is 20.1 Å². The van der Waals surface area contributed by atoms with E-state index in [1.165, 1.54) is 11.1 Å². The average molecular weight is 318 g/mol. The van der Waals surface area contributed by atoms with Gasteiger partial charge in [0.1, 0.15) is 5.75 Å². The SMILES string of the molecule is CCC(NCC1(C)CNCCOC1)c1ccc2c(c1)CCCO2. The molecule has 3 rings (SSSR count). The summed E-state index contributed by atoms with van der Waals surface area (Å²) in [4.78, 5) is 0. The summed E-state index contributed by atoms with van der Waals surface area (Å²) in [7, 11) is 0. The minimum atomic E-state index is 0.154. The van der Waals surface area contributed by atoms with Crippen LogP contribution in [0.25, 0.3) is 0 Å². The Morgan fingerprint density at radius 2 is 2.26 bits per heavy atom. The highest BCUT2D eigenvalue weighted by atomic mass is 16.5. The highest BCUT2D eigenvalue weighted by Gasteiger charge is 2.27. The van der Waals surface area contributed by atoms with Gasteiger partial charge in [-0.15, -0.1) is 0 Å². The molecule has 0 amide bonds. The molecule has 23 heavy (non-hydrogen) atoms. The van der Waals surface area contributed by atoms with Crippen molar-refractivity contribution in [2.24, 2.45) is 5.41 Å². The lowest BCUT2D eigenvalue weighted by Gasteiger charge is -2.30. The minimum absolute atomic E-state index is 0.154. The van der Waals surface area contributed by atoms with Crippen molar-refractivity contribution in [1.82, 2.24) is 10.6 Å². The second kappa shape index (κ2) is 7.65. The molecule has 0 radical (unpaired) electrons. The predicted molar refractivity (Wildman–Crippen MR) is 93.1 cm³/mol. The summed E-state index contributed by atoms with van der Waals surface area (Å²) < 4.78 is 11.5. The third-order valence-corrected chi connectivity index (χ3v) is 4.94. The Hall–Kier alpha value is -1.10. The Balaban J connectivity index is 1.65. The van der Waals surface area contributed by atoms with Crippen molar-refractivity contribution >= 4 is 0 Å². The van der Waals surface area contributed by atoms with Crippen LogP contribution in [0.5, 0.6) is 5.75 Å². The second-order valence-electron chi connectivity index (χ2n) is 7.20. The monoisotopic (exact) mass is 318 g/mol. The molecule has 128 valence electrons. The number of nitrogens with one attached hydrogen (secondary N) is 2. The molecule has 1 aromatic carbocycles. The largest absolute Gasteiger partial charge is 0.493 e. The van der Waals surface area contributed by atoms with Crippen molar-refractivity contribution in [2.75, 3.05) is 39.5 Å². The number of ether oxygens (including phenoxy) is 2. The predicted octanol–water partition coefficient (Wildman–Crippen LogP) is 2.68. The molecule has 1 fully saturated rings. The van der Waals surface area contributed by atoms with Crippen LogP contribution in [0.1, 0.15) is 43.9 Å². The molecule has 2 N–H and O–H groups in total. The standard InChI is InChI=1S/C19H30N2O2/c1-3-17(21-13-19(2)12-20-8-10-22-14-19)15-6-7-18-16(11-15)5-4-9-23-18/h6-7,11,17,20-21H,3-5,8-10,12-14H2,1-2H3. The number of rotatable bonds is 5. The summed E-state index contributed by atoms with van der Waals surface area (Å²) >= 11 is 0. The first-order valence-electron chi connectivity index (χ1n) is 8.98. The van der Waals surface area contributed by atoms with Crippen LogP contribution in [0.15, 0.2) is 18.2 Å². The average Bonchev–Trinajstić information content (AvgIpc) is 2.80. The summed E-state index contributed by atoms with van der Waals surface area (Å²) in [6.45, 7) is 9.97. The smallest absolute Gasteiger partial charge is 0.122 e. The fourth-order valence-corrected chi connectivity index (χ4v) is 3.48. The lowest BCUT2D eigenvalue weighted by molar-refractivity contribution is 0.0772. The maximum atomic E-state index is 5.74. The summed E-state index contributed by atoms with van der Waals surface area (Å²) in [5.41, 5.74) is 2.89. The molecule has 1 saturated heterocycles. The van der Waals surface area contributed by atoms with E-state index in [2.05, 4.69) is 42.7 Å². The molecule has 4 nitrogen and oxygen atoms in total. The maximum absolute atomic E-state index is 5.74. The van der Waals surface area contributed by atoms with E-state index in [1.807, 2.05) is 0 Å². The van der Waals surface area contributed by atoms with E-state index < -0.39 is 0 Å². The normalized spacial score (nSPS) is 26.0. The lowest BCUT2D eigenvalue weighted by atomic mass is 9.90. The highest BCUT2D eigenvalue weighted by Crippen LogP contribution is 2.29. The van der Waals surface area contributed by atoms with E-state index in [0.29, 0.717) is 6.04 Å². The van der Waals surface area contributed by atoms with E-state index in [0.717, 1.165) is 64.5 Å². The highest BCUT2D eigenvalue weighted by molar-refractivity contribution is 5.39. The van der Waals surface area contributed by atoms with Gasteiger partial charge in [0.25, 0.3) is 0 Å². The van der Waals surface area contributed by atoms with E-state index in [4.69, 9.17) is 9.47 Å². The molecule has 2 aliphatic heterocycles. The first kappa shape index (κ1) is 16.7. The lowest BCUT2D eigenvalue weighted by Crippen LogP contribution is -2.42. The number of hydrogen-bond donors (Lipinski definition) is 2. The molecular weight excluding hydrogens is 288 g/mol. The van der Waals surface area contributed by atoms with Gasteiger partial charge in [0, 0.05) is 31.1 Å². The van der Waals surface area contributed by atoms with Crippen LogP contribution in [0.4, 0.5) is 0 Å². The summed E-state index contributed by atoms with van der Waals surface area (Å²) in [5, 5.41) is 7.25. The number of hydrogen-bond acceptors (Lipinski definition) is 4. The van der Waals surface area contributed by atoms with Crippen molar-refractivity contribution in [3.63, 3.8) is 0 Å². The molecule has 2 aliphatic rings. The van der Waals surface area contributed by atoms with Crippen LogP contribution in [0, 0.1) is 5.41 Å². The van der Waals surface area contributed by atoms with Gasteiger partial charge in [-0.25, -0.2) is 0 Å². The molecule has 0 aromatic heterocycles. The summed E-state index contributed by atoms with van der Waals surface area (Å²) in [6, 6.07) is 7.09. The zero-order valence-electron chi connectivity index (χ0n) is 14.5. The van der Waals surface area contributed by atoms with Crippen LogP contribution in [0.2, 0.25) is 0 Å². The molecule has 4 heteroatoms. The van der Waals surface area contributed by atoms with Gasteiger partial charge in [-0.2, -0.15) is 0 Å². The van der Waals surface area contributed by atoms with E-state index in [-0.39, 0.29) is 5.41 Å². The Kier molecular flexibility index (Phi) is 5.57. The third kappa shape index (κ3) is 4.25. The fourth-order valence-electron chi connectivity index (χ4n) is 3.48. The zero-order chi connectivity index (χ0) is 16.1. The number of benzene rings is 1.